The van der Waals surface area contributed by atoms with Gasteiger partial charge < -0.3 is 14.8 Å². The van der Waals surface area contributed by atoms with Crippen molar-refractivity contribution in [3.63, 3.8) is 0 Å². The van der Waals surface area contributed by atoms with Crippen molar-refractivity contribution in [1.29, 1.82) is 0 Å². The zero-order valence-electron chi connectivity index (χ0n) is 10.8. The van der Waals surface area contributed by atoms with Gasteiger partial charge in [0.1, 0.15) is 0 Å². The van der Waals surface area contributed by atoms with Gasteiger partial charge in [-0.25, -0.2) is 0 Å². The van der Waals surface area contributed by atoms with Crippen LogP contribution in [0.3, 0.4) is 0 Å². The maximum absolute atomic E-state index is 6.15. The molecule has 1 rings (SSSR count). The summed E-state index contributed by atoms with van der Waals surface area (Å²) in [6, 6.07) is 3.75. The highest BCUT2D eigenvalue weighted by atomic mass is 35.5. The normalized spacial score (nSPS) is 10.7. The second kappa shape index (κ2) is 8.59. The Hall–Kier alpha value is -0.480. The summed E-state index contributed by atoms with van der Waals surface area (Å²) in [5.41, 5.74) is 1.03. The van der Waals surface area contributed by atoms with E-state index in [0.717, 1.165) is 18.5 Å². The molecule has 1 aromatic rings. The number of benzene rings is 1. The lowest BCUT2D eigenvalue weighted by molar-refractivity contribution is 0.199. The summed E-state index contributed by atoms with van der Waals surface area (Å²) in [7, 11) is 1.68. The molecule has 0 amide bonds. The van der Waals surface area contributed by atoms with E-state index in [0.29, 0.717) is 35.6 Å². The molecule has 102 valence electrons. The molecule has 0 spiro atoms. The quantitative estimate of drug-likeness (QED) is 0.744. The Labute approximate surface area is 118 Å². The van der Waals surface area contributed by atoms with Crippen LogP contribution in [0.1, 0.15) is 18.9 Å². The van der Waals surface area contributed by atoms with Crippen molar-refractivity contribution in [2.45, 2.75) is 19.9 Å². The molecule has 0 atom stereocenters. The molecule has 0 saturated carbocycles. The molecule has 1 N–H and O–H groups in total. The summed E-state index contributed by atoms with van der Waals surface area (Å²) in [5.74, 6) is 0.570. The van der Waals surface area contributed by atoms with Crippen LogP contribution >= 0.6 is 23.2 Å². The lowest BCUT2D eigenvalue weighted by Gasteiger charge is -2.11. The SMILES string of the molecule is CCCOc1c(Cl)cc(CNCCOC)cc1Cl. The number of ether oxygens (including phenoxy) is 2. The van der Waals surface area contributed by atoms with Gasteiger partial charge in [-0.15, -0.1) is 0 Å². The van der Waals surface area contributed by atoms with Crippen LogP contribution in [-0.4, -0.2) is 26.9 Å². The van der Waals surface area contributed by atoms with Gasteiger partial charge in [0.25, 0.3) is 0 Å². The summed E-state index contributed by atoms with van der Waals surface area (Å²) >= 11 is 12.3. The molecule has 1 aromatic carbocycles. The fourth-order valence-corrected chi connectivity index (χ4v) is 2.10. The van der Waals surface area contributed by atoms with Gasteiger partial charge in [0.05, 0.1) is 23.3 Å². The lowest BCUT2D eigenvalue weighted by atomic mass is 10.2. The van der Waals surface area contributed by atoms with E-state index < -0.39 is 0 Å². The molecule has 0 aliphatic heterocycles. The summed E-state index contributed by atoms with van der Waals surface area (Å²) in [6.07, 6.45) is 0.924. The topological polar surface area (TPSA) is 30.5 Å². The molecule has 18 heavy (non-hydrogen) atoms. The predicted octanol–water partition coefficient (Wildman–Crippen LogP) is 3.52. The Morgan fingerprint density at radius 1 is 1.17 bits per heavy atom. The largest absolute Gasteiger partial charge is 0.490 e. The van der Waals surface area contributed by atoms with Gasteiger partial charge in [-0.2, -0.15) is 0 Å². The third kappa shape index (κ3) is 5.02. The highest BCUT2D eigenvalue weighted by Gasteiger charge is 2.09. The molecule has 0 radical (unpaired) electrons. The molecule has 3 nitrogen and oxygen atoms in total. The summed E-state index contributed by atoms with van der Waals surface area (Å²) in [6.45, 7) is 4.83. The second-order valence-corrected chi connectivity index (χ2v) is 4.72. The van der Waals surface area contributed by atoms with Gasteiger partial charge in [0.15, 0.2) is 5.75 Å². The van der Waals surface area contributed by atoms with E-state index in [1.54, 1.807) is 7.11 Å². The van der Waals surface area contributed by atoms with E-state index in [1.807, 2.05) is 19.1 Å². The van der Waals surface area contributed by atoms with Crippen LogP contribution in [-0.2, 0) is 11.3 Å². The Bertz CT molecular complexity index is 349. The van der Waals surface area contributed by atoms with Crippen LogP contribution in [0.4, 0.5) is 0 Å². The van der Waals surface area contributed by atoms with E-state index in [2.05, 4.69) is 5.32 Å². The van der Waals surface area contributed by atoms with Crippen LogP contribution < -0.4 is 10.1 Å². The third-order valence-electron chi connectivity index (χ3n) is 2.32. The minimum absolute atomic E-state index is 0.555. The zero-order chi connectivity index (χ0) is 13.4. The minimum atomic E-state index is 0.555. The van der Waals surface area contributed by atoms with E-state index in [1.165, 1.54) is 0 Å². The molecule has 0 unspecified atom stereocenters. The fraction of sp³-hybridized carbons (Fsp3) is 0.538. The molecule has 0 fully saturated rings. The van der Waals surface area contributed by atoms with E-state index in [-0.39, 0.29) is 0 Å². The van der Waals surface area contributed by atoms with E-state index in [9.17, 15) is 0 Å². The zero-order valence-corrected chi connectivity index (χ0v) is 12.3. The summed E-state index contributed by atoms with van der Waals surface area (Å²) in [5, 5.41) is 4.35. The number of rotatable bonds is 8. The first-order chi connectivity index (χ1) is 8.69. The maximum atomic E-state index is 6.15. The van der Waals surface area contributed by atoms with Crippen LogP contribution in [0.25, 0.3) is 0 Å². The van der Waals surface area contributed by atoms with Crippen molar-refractivity contribution in [3.05, 3.63) is 27.7 Å². The summed E-state index contributed by atoms with van der Waals surface area (Å²) in [4.78, 5) is 0. The summed E-state index contributed by atoms with van der Waals surface area (Å²) < 4.78 is 10.5. The first-order valence-corrected chi connectivity index (χ1v) is 6.75. The Morgan fingerprint density at radius 2 is 1.83 bits per heavy atom. The average molecular weight is 292 g/mol. The predicted molar refractivity (Wildman–Crippen MR) is 75.8 cm³/mol. The van der Waals surface area contributed by atoms with Crippen molar-refractivity contribution >= 4 is 23.2 Å². The van der Waals surface area contributed by atoms with Crippen LogP contribution in [0.5, 0.6) is 5.75 Å². The lowest BCUT2D eigenvalue weighted by Crippen LogP contribution is -2.18. The fourth-order valence-electron chi connectivity index (χ4n) is 1.46. The average Bonchev–Trinajstić information content (AvgIpc) is 2.34. The van der Waals surface area contributed by atoms with Gasteiger partial charge in [-0.05, 0) is 24.1 Å². The molecule has 0 aliphatic rings. The van der Waals surface area contributed by atoms with Crippen LogP contribution in [0.15, 0.2) is 12.1 Å². The number of nitrogens with one attached hydrogen (secondary N) is 1. The molecular weight excluding hydrogens is 273 g/mol. The standard InChI is InChI=1S/C13H19Cl2NO2/c1-3-5-18-13-11(14)7-10(8-12(13)15)9-16-4-6-17-2/h7-8,16H,3-6,9H2,1-2H3. The van der Waals surface area contributed by atoms with Crippen LogP contribution in [0, 0.1) is 0 Å². The van der Waals surface area contributed by atoms with Crippen molar-refractivity contribution in [2.75, 3.05) is 26.9 Å². The van der Waals surface area contributed by atoms with Crippen molar-refractivity contribution < 1.29 is 9.47 Å². The molecule has 5 heteroatoms. The van der Waals surface area contributed by atoms with Crippen molar-refractivity contribution in [2.24, 2.45) is 0 Å². The van der Waals surface area contributed by atoms with Crippen LogP contribution in [0.2, 0.25) is 10.0 Å². The van der Waals surface area contributed by atoms with Gasteiger partial charge >= 0.3 is 0 Å². The molecule has 0 bridgehead atoms. The Balaban J connectivity index is 2.61. The number of halogens is 2. The first kappa shape index (κ1) is 15.6. The van der Waals surface area contributed by atoms with E-state index in [4.69, 9.17) is 32.7 Å². The van der Waals surface area contributed by atoms with Gasteiger partial charge in [0.2, 0.25) is 0 Å². The third-order valence-corrected chi connectivity index (χ3v) is 2.88. The number of methoxy groups -OCH3 is 1. The van der Waals surface area contributed by atoms with Crippen molar-refractivity contribution in [1.82, 2.24) is 5.32 Å². The van der Waals surface area contributed by atoms with Gasteiger partial charge in [-0.3, -0.25) is 0 Å². The molecule has 0 heterocycles. The van der Waals surface area contributed by atoms with E-state index >= 15 is 0 Å². The molecule has 0 aliphatic carbocycles. The molecule has 0 saturated heterocycles. The van der Waals surface area contributed by atoms with Crippen molar-refractivity contribution in [3.8, 4) is 5.75 Å². The molecule has 0 aromatic heterocycles. The highest BCUT2D eigenvalue weighted by Crippen LogP contribution is 2.34. The number of hydrogen-bond donors (Lipinski definition) is 1. The Kier molecular flexibility index (Phi) is 7.44. The highest BCUT2D eigenvalue weighted by molar-refractivity contribution is 6.37. The monoisotopic (exact) mass is 291 g/mol. The Morgan fingerprint density at radius 3 is 2.39 bits per heavy atom. The maximum Gasteiger partial charge on any atom is 0.156 e. The number of hydrogen-bond acceptors (Lipinski definition) is 3. The second-order valence-electron chi connectivity index (χ2n) is 3.91. The van der Waals surface area contributed by atoms with Gasteiger partial charge in [0, 0.05) is 20.2 Å². The van der Waals surface area contributed by atoms with Gasteiger partial charge in [-0.1, -0.05) is 30.1 Å². The molecular formula is C13H19Cl2NO2. The smallest absolute Gasteiger partial charge is 0.156 e. The first-order valence-electron chi connectivity index (χ1n) is 5.99. The minimum Gasteiger partial charge on any atom is -0.490 e.